The van der Waals surface area contributed by atoms with E-state index in [1.54, 1.807) is 0 Å². The second kappa shape index (κ2) is 13.6. The first-order valence-electron chi connectivity index (χ1n) is 15.7. The lowest BCUT2D eigenvalue weighted by atomic mass is 10.0. The lowest BCUT2D eigenvalue weighted by Crippen LogP contribution is -2.09. The molecule has 7 aromatic carbocycles. The molecule has 0 aliphatic carbocycles. The molecule has 0 atom stereocenters. The van der Waals surface area contributed by atoms with E-state index >= 15 is 0 Å². The summed E-state index contributed by atoms with van der Waals surface area (Å²) in [7, 11) is 0. The Hall–Kier alpha value is -6.88. The number of nitrogens with zero attached hydrogens (tertiary/aromatic N) is 4. The average molecular weight is 615 g/mol. The van der Waals surface area contributed by atoms with Crippen molar-refractivity contribution in [2.24, 2.45) is 0 Å². The van der Waals surface area contributed by atoms with Crippen molar-refractivity contribution < 1.29 is 0 Å². The number of benzene rings is 7. The number of fused-ring (bicyclic) bond motifs is 1. The number of hydrogen-bond donors (Lipinski definition) is 0. The van der Waals surface area contributed by atoms with Gasteiger partial charge in [-0.2, -0.15) is 5.26 Å². The highest BCUT2D eigenvalue weighted by Crippen LogP contribution is 2.37. The van der Waals surface area contributed by atoms with Crippen LogP contribution in [0.15, 0.2) is 170 Å². The van der Waals surface area contributed by atoms with Crippen LogP contribution in [0.5, 0.6) is 0 Å². The summed E-state index contributed by atoms with van der Waals surface area (Å²) in [5.74, 6) is 0. The SMILES string of the molecule is [C-]#[N+]c1ccc(N(c2ccccc2)c2ccc3cc(/C=C/c4ccc(N(c5ccccc5)c5ccc(C#N)cc5)cc4)ccc3c2)cc1. The zero-order valence-electron chi connectivity index (χ0n) is 26.1. The van der Waals surface area contributed by atoms with Crippen molar-refractivity contribution in [1.29, 1.82) is 5.26 Å². The molecule has 0 aromatic heterocycles. The molecule has 0 fully saturated rings. The van der Waals surface area contributed by atoms with Crippen molar-refractivity contribution in [2.45, 2.75) is 0 Å². The highest BCUT2D eigenvalue weighted by atomic mass is 15.1. The van der Waals surface area contributed by atoms with Crippen molar-refractivity contribution in [3.63, 3.8) is 0 Å². The first-order chi connectivity index (χ1) is 23.7. The van der Waals surface area contributed by atoms with E-state index in [4.69, 9.17) is 6.57 Å². The van der Waals surface area contributed by atoms with Crippen LogP contribution in [0.1, 0.15) is 16.7 Å². The second-order valence-corrected chi connectivity index (χ2v) is 11.3. The Morgan fingerprint density at radius 3 is 1.48 bits per heavy atom. The molecule has 0 amide bonds. The number of nitriles is 1. The van der Waals surface area contributed by atoms with Gasteiger partial charge in [0, 0.05) is 34.1 Å². The third-order valence-corrected chi connectivity index (χ3v) is 8.25. The lowest BCUT2D eigenvalue weighted by molar-refractivity contribution is 1.28. The Morgan fingerprint density at radius 1 is 0.458 bits per heavy atom. The summed E-state index contributed by atoms with van der Waals surface area (Å²) >= 11 is 0. The molecule has 0 bridgehead atoms. The van der Waals surface area contributed by atoms with Crippen molar-refractivity contribution in [2.75, 3.05) is 9.80 Å². The maximum atomic E-state index is 9.26. The molecule has 0 radical (unpaired) electrons. The van der Waals surface area contributed by atoms with Crippen LogP contribution in [0.25, 0.3) is 27.8 Å². The topological polar surface area (TPSA) is 34.6 Å². The number of anilines is 6. The molecular formula is C44H30N4. The van der Waals surface area contributed by atoms with Gasteiger partial charge in [-0.25, -0.2) is 4.85 Å². The molecule has 0 saturated carbocycles. The van der Waals surface area contributed by atoms with Crippen LogP contribution in [-0.4, -0.2) is 0 Å². The molecular weight excluding hydrogens is 585 g/mol. The number of rotatable bonds is 8. The van der Waals surface area contributed by atoms with E-state index in [0.717, 1.165) is 56.0 Å². The van der Waals surface area contributed by atoms with E-state index in [2.05, 4.69) is 118 Å². The van der Waals surface area contributed by atoms with E-state index in [0.29, 0.717) is 11.3 Å². The quantitative estimate of drug-likeness (QED) is 0.126. The summed E-state index contributed by atoms with van der Waals surface area (Å²) in [6.07, 6.45) is 4.28. The highest BCUT2D eigenvalue weighted by molar-refractivity contribution is 5.91. The number of para-hydroxylation sites is 2. The Balaban J connectivity index is 1.14. The summed E-state index contributed by atoms with van der Waals surface area (Å²) in [5, 5.41) is 11.6. The van der Waals surface area contributed by atoms with Crippen LogP contribution in [0.2, 0.25) is 0 Å². The molecule has 0 aliphatic heterocycles. The van der Waals surface area contributed by atoms with Crippen LogP contribution >= 0.6 is 0 Å². The summed E-state index contributed by atoms with van der Waals surface area (Å²) < 4.78 is 0. The lowest BCUT2D eigenvalue weighted by Gasteiger charge is -2.26. The second-order valence-electron chi connectivity index (χ2n) is 11.3. The van der Waals surface area contributed by atoms with Gasteiger partial charge in [0.1, 0.15) is 0 Å². The maximum absolute atomic E-state index is 9.26. The zero-order chi connectivity index (χ0) is 32.7. The minimum atomic E-state index is 0.624. The van der Waals surface area contributed by atoms with Crippen molar-refractivity contribution >= 4 is 62.7 Å². The predicted molar refractivity (Wildman–Crippen MR) is 200 cm³/mol. The van der Waals surface area contributed by atoms with Crippen LogP contribution in [0.4, 0.5) is 39.8 Å². The van der Waals surface area contributed by atoms with Gasteiger partial charge in [-0.3, -0.25) is 0 Å². The smallest absolute Gasteiger partial charge is 0.187 e. The average Bonchev–Trinajstić information content (AvgIpc) is 3.16. The fourth-order valence-corrected chi connectivity index (χ4v) is 5.83. The maximum Gasteiger partial charge on any atom is 0.187 e. The van der Waals surface area contributed by atoms with E-state index in [1.807, 2.05) is 84.9 Å². The third-order valence-electron chi connectivity index (χ3n) is 8.25. The predicted octanol–water partition coefficient (Wildman–Crippen LogP) is 12.4. The van der Waals surface area contributed by atoms with Gasteiger partial charge in [-0.1, -0.05) is 91.0 Å². The van der Waals surface area contributed by atoms with E-state index in [1.165, 1.54) is 0 Å². The monoisotopic (exact) mass is 614 g/mol. The highest BCUT2D eigenvalue weighted by Gasteiger charge is 2.14. The fraction of sp³-hybridized carbons (Fsp3) is 0. The van der Waals surface area contributed by atoms with Gasteiger partial charge < -0.3 is 9.80 Å². The van der Waals surface area contributed by atoms with Crippen molar-refractivity contribution in [1.82, 2.24) is 0 Å². The van der Waals surface area contributed by atoms with Gasteiger partial charge in [0.2, 0.25) is 0 Å². The Labute approximate surface area is 281 Å². The normalized spacial score (nSPS) is 10.8. The van der Waals surface area contributed by atoms with Crippen molar-refractivity contribution in [3.8, 4) is 6.07 Å². The van der Waals surface area contributed by atoms with Gasteiger partial charge in [-0.05, 0) is 113 Å². The Bertz CT molecular complexity index is 2280. The molecule has 0 N–H and O–H groups in total. The standard InChI is InChI=1S/C44H30N4/c1-46-38-21-28-43(29-22-38)48(40-10-6-3-7-11-40)44-27-20-36-30-34(14-19-37(36)31-44)13-12-33-15-23-41(24-16-33)47(39-8-4-2-5-9-39)42-25-17-35(32-45)18-26-42/h2-31H/b13-12+. The molecule has 7 aromatic rings. The van der Waals surface area contributed by atoms with Crippen molar-refractivity contribution in [3.05, 3.63) is 198 Å². The largest absolute Gasteiger partial charge is 0.311 e. The Kier molecular flexibility index (Phi) is 8.46. The molecule has 7 rings (SSSR count). The first kappa shape index (κ1) is 29.8. The van der Waals surface area contributed by atoms with E-state index in [-0.39, 0.29) is 0 Å². The molecule has 0 unspecified atom stereocenters. The molecule has 0 saturated heterocycles. The minimum absolute atomic E-state index is 0.624. The van der Waals surface area contributed by atoms with E-state index < -0.39 is 0 Å². The molecule has 226 valence electrons. The molecule has 0 aliphatic rings. The van der Waals surface area contributed by atoms with Gasteiger partial charge in [0.05, 0.1) is 18.2 Å². The van der Waals surface area contributed by atoms with E-state index in [9.17, 15) is 5.26 Å². The zero-order valence-corrected chi connectivity index (χ0v) is 26.1. The fourth-order valence-electron chi connectivity index (χ4n) is 5.83. The van der Waals surface area contributed by atoms with Crippen LogP contribution in [0, 0.1) is 17.9 Å². The molecule has 4 heteroatoms. The summed E-state index contributed by atoms with van der Waals surface area (Å²) in [5.41, 5.74) is 9.68. The van der Waals surface area contributed by atoms with Crippen LogP contribution < -0.4 is 9.80 Å². The molecule has 4 nitrogen and oxygen atoms in total. The molecule has 48 heavy (non-hydrogen) atoms. The molecule has 0 heterocycles. The molecule has 0 spiro atoms. The van der Waals surface area contributed by atoms with Gasteiger partial charge >= 0.3 is 0 Å². The number of hydrogen-bond acceptors (Lipinski definition) is 3. The van der Waals surface area contributed by atoms with Gasteiger partial charge in [0.15, 0.2) is 5.69 Å². The third kappa shape index (κ3) is 6.42. The van der Waals surface area contributed by atoms with Crippen LogP contribution in [-0.2, 0) is 0 Å². The van der Waals surface area contributed by atoms with Crippen LogP contribution in [0.3, 0.4) is 0 Å². The summed E-state index contributed by atoms with van der Waals surface area (Å²) in [6.45, 7) is 7.33. The summed E-state index contributed by atoms with van der Waals surface area (Å²) in [6, 6.07) is 59.7. The first-order valence-corrected chi connectivity index (χ1v) is 15.7. The van der Waals surface area contributed by atoms with Gasteiger partial charge in [0.25, 0.3) is 0 Å². The minimum Gasteiger partial charge on any atom is -0.311 e. The summed E-state index contributed by atoms with van der Waals surface area (Å²) in [4.78, 5) is 7.96. The Morgan fingerprint density at radius 2 is 0.896 bits per heavy atom. The van der Waals surface area contributed by atoms with Gasteiger partial charge in [-0.15, -0.1) is 0 Å².